The maximum Gasteiger partial charge on any atom is 0.233 e. The zero-order valence-corrected chi connectivity index (χ0v) is 14.2. The summed E-state index contributed by atoms with van der Waals surface area (Å²) in [6, 6.07) is 7.58. The largest absolute Gasteiger partial charge is 0.404 e. The number of nitrogens with two attached hydrogens (primary N) is 1. The summed E-state index contributed by atoms with van der Waals surface area (Å²) in [5.41, 5.74) is 7.75. The van der Waals surface area contributed by atoms with Gasteiger partial charge in [-0.3, -0.25) is 4.79 Å². The number of rotatable bonds is 4. The molecule has 2 heterocycles. The van der Waals surface area contributed by atoms with E-state index in [4.69, 9.17) is 5.73 Å². The molecule has 5 nitrogen and oxygen atoms in total. The number of nitrogens with zero attached hydrogens (tertiary/aromatic N) is 2. The molecule has 0 atom stereocenters. The Morgan fingerprint density at radius 3 is 2.62 bits per heavy atom. The molecule has 0 radical (unpaired) electrons. The number of hydrogen-bond acceptors (Lipinski definition) is 5. The molecule has 24 heavy (non-hydrogen) atoms. The highest BCUT2D eigenvalue weighted by Gasteiger charge is 2.47. The first kappa shape index (κ1) is 17.0. The third kappa shape index (κ3) is 3.18. The summed E-state index contributed by atoms with van der Waals surface area (Å²) in [6.45, 7) is 2.59. The first-order valence-corrected chi connectivity index (χ1v) is 8.74. The Hall–Kier alpha value is -1.86. The van der Waals surface area contributed by atoms with Gasteiger partial charge in [0.25, 0.3) is 0 Å². The van der Waals surface area contributed by atoms with Gasteiger partial charge in [-0.1, -0.05) is 12.1 Å². The van der Waals surface area contributed by atoms with E-state index >= 15 is 0 Å². The van der Waals surface area contributed by atoms with E-state index in [1.165, 1.54) is 12.4 Å². The fourth-order valence-corrected chi connectivity index (χ4v) is 3.71. The molecular weight excluding hydrogens is 327 g/mol. The van der Waals surface area contributed by atoms with Gasteiger partial charge in [0, 0.05) is 30.2 Å². The molecule has 0 saturated carbocycles. The van der Waals surface area contributed by atoms with E-state index in [0.717, 1.165) is 50.1 Å². The molecule has 2 fully saturated rings. The second-order valence-corrected chi connectivity index (χ2v) is 6.56. The van der Waals surface area contributed by atoms with Crippen LogP contribution in [-0.2, 0) is 4.79 Å². The molecule has 2 aliphatic heterocycles. The Bertz CT molecular complexity index is 653. The average molecular weight is 348 g/mol. The molecule has 1 spiro atoms. The molecule has 0 aromatic heterocycles. The van der Waals surface area contributed by atoms with E-state index in [0.29, 0.717) is 5.57 Å². The van der Waals surface area contributed by atoms with E-state index in [9.17, 15) is 8.68 Å². The molecule has 1 amide bonds. The molecule has 0 unspecified atom stereocenters. The average Bonchev–Trinajstić information content (AvgIpc) is 2.93. The van der Waals surface area contributed by atoms with Crippen molar-refractivity contribution < 1.29 is 8.68 Å². The molecule has 1 aromatic carbocycles. The third-order valence-corrected chi connectivity index (χ3v) is 5.18. The first-order chi connectivity index (χ1) is 11.7. The van der Waals surface area contributed by atoms with Crippen molar-refractivity contribution >= 4 is 35.7 Å². The van der Waals surface area contributed by atoms with Crippen LogP contribution < -0.4 is 16.0 Å². The van der Waals surface area contributed by atoms with Gasteiger partial charge in [-0.2, -0.15) is 4.40 Å². The summed E-state index contributed by atoms with van der Waals surface area (Å²) in [6.07, 6.45) is 5.52. The predicted molar refractivity (Wildman–Crippen MR) is 97.3 cm³/mol. The van der Waals surface area contributed by atoms with Crippen LogP contribution in [0.1, 0.15) is 24.8 Å². The van der Waals surface area contributed by atoms with Crippen molar-refractivity contribution in [3.8, 4) is 0 Å². The summed E-state index contributed by atoms with van der Waals surface area (Å²) in [7, 11) is 0. The van der Waals surface area contributed by atoms with Crippen molar-refractivity contribution in [3.63, 3.8) is 0 Å². The van der Waals surface area contributed by atoms with Gasteiger partial charge in [-0.25, -0.2) is 0 Å². The highest BCUT2D eigenvalue weighted by molar-refractivity contribution is 7.93. The van der Waals surface area contributed by atoms with Gasteiger partial charge in [0.05, 0.1) is 5.41 Å². The van der Waals surface area contributed by atoms with Crippen molar-refractivity contribution in [2.75, 3.05) is 24.5 Å². The van der Waals surface area contributed by atoms with Gasteiger partial charge < -0.3 is 16.0 Å². The summed E-state index contributed by atoms with van der Waals surface area (Å²) in [5.74, 6) is 0.238. The molecule has 128 valence electrons. The molecule has 1 aromatic rings. The van der Waals surface area contributed by atoms with Crippen LogP contribution in [0.4, 0.5) is 9.57 Å². The normalized spacial score (nSPS) is 21.1. The van der Waals surface area contributed by atoms with Crippen LogP contribution in [0.25, 0.3) is 5.57 Å². The number of piperidine rings is 1. The summed E-state index contributed by atoms with van der Waals surface area (Å²) >= 11 is -0.109. The van der Waals surface area contributed by atoms with Gasteiger partial charge in [0.2, 0.25) is 5.91 Å². The number of allylic oxidation sites excluding steroid dienone is 1. The lowest BCUT2D eigenvalue weighted by atomic mass is 9.78. The van der Waals surface area contributed by atoms with E-state index in [1.807, 2.05) is 29.2 Å². The molecular formula is C17H21FN4OS. The van der Waals surface area contributed by atoms with E-state index < -0.39 is 0 Å². The number of carbonyl (C=O) groups is 1. The molecule has 3 rings (SSSR count). The van der Waals surface area contributed by atoms with Crippen molar-refractivity contribution in [3.05, 3.63) is 36.0 Å². The Kier molecular flexibility index (Phi) is 5.20. The van der Waals surface area contributed by atoms with Gasteiger partial charge in [0.1, 0.15) is 0 Å². The van der Waals surface area contributed by atoms with Crippen molar-refractivity contribution in [2.24, 2.45) is 15.5 Å². The van der Waals surface area contributed by atoms with Crippen LogP contribution >= 0.6 is 12.3 Å². The Labute approximate surface area is 145 Å². The zero-order chi connectivity index (χ0) is 17.0. The number of nitrogens with one attached hydrogen (secondary N) is 1. The van der Waals surface area contributed by atoms with Crippen LogP contribution in [0.5, 0.6) is 0 Å². The fourth-order valence-electron chi connectivity index (χ4n) is 3.56. The maximum absolute atomic E-state index is 12.9. The molecule has 2 saturated heterocycles. The quantitative estimate of drug-likeness (QED) is 0.648. The van der Waals surface area contributed by atoms with Gasteiger partial charge in [-0.05, 0) is 50.0 Å². The topological polar surface area (TPSA) is 70.7 Å². The minimum atomic E-state index is -0.183. The van der Waals surface area contributed by atoms with Gasteiger partial charge in [-0.15, -0.1) is 3.89 Å². The predicted octanol–water partition coefficient (Wildman–Crippen LogP) is 2.70. The SMILES string of the molecule is NC=C(C=NSF)c1ccc(N2CCC3(CCNCC3)C2=O)cc1. The standard InChI is InChI=1S/C17H21FN4OS/c18-24-21-12-14(11-19)13-1-3-15(4-2-13)22-10-7-17(16(22)23)5-8-20-9-6-17/h1-4,11-12,20H,5-10,19H2. The second kappa shape index (κ2) is 7.36. The van der Waals surface area contributed by atoms with E-state index in [1.54, 1.807) is 0 Å². The molecule has 0 aliphatic carbocycles. The van der Waals surface area contributed by atoms with Crippen molar-refractivity contribution in [1.82, 2.24) is 5.32 Å². The van der Waals surface area contributed by atoms with E-state index in [2.05, 4.69) is 9.71 Å². The number of carbonyl (C=O) groups excluding carboxylic acids is 1. The number of hydrogen-bond donors (Lipinski definition) is 2. The van der Waals surface area contributed by atoms with Crippen LogP contribution in [0.15, 0.2) is 34.9 Å². The maximum atomic E-state index is 12.9. The minimum absolute atomic E-state index is 0.109. The Morgan fingerprint density at radius 1 is 1.29 bits per heavy atom. The number of halogens is 1. The summed E-state index contributed by atoms with van der Waals surface area (Å²) in [5, 5.41) is 3.32. The summed E-state index contributed by atoms with van der Waals surface area (Å²) < 4.78 is 15.6. The molecule has 3 N–H and O–H groups in total. The molecule has 2 aliphatic rings. The Balaban J connectivity index is 1.77. The van der Waals surface area contributed by atoms with Crippen LogP contribution in [0, 0.1) is 5.41 Å². The molecule has 0 bridgehead atoms. The lowest BCUT2D eigenvalue weighted by Gasteiger charge is -2.32. The first-order valence-electron chi connectivity index (χ1n) is 8.06. The number of anilines is 1. The van der Waals surface area contributed by atoms with E-state index in [-0.39, 0.29) is 23.7 Å². The van der Waals surface area contributed by atoms with Crippen LogP contribution in [-0.4, -0.2) is 31.8 Å². The fraction of sp³-hybridized carbons (Fsp3) is 0.412. The number of amides is 1. The lowest BCUT2D eigenvalue weighted by molar-refractivity contribution is -0.126. The second-order valence-electron chi connectivity index (χ2n) is 6.21. The van der Waals surface area contributed by atoms with Gasteiger partial charge in [0.15, 0.2) is 12.3 Å². The molecule has 7 heteroatoms. The smallest absolute Gasteiger partial charge is 0.233 e. The summed E-state index contributed by atoms with van der Waals surface area (Å²) in [4.78, 5) is 14.8. The van der Waals surface area contributed by atoms with Crippen LogP contribution in [0.3, 0.4) is 0 Å². The third-order valence-electron chi connectivity index (χ3n) is 5.00. The van der Waals surface area contributed by atoms with Gasteiger partial charge >= 0.3 is 0 Å². The highest BCUT2D eigenvalue weighted by Crippen LogP contribution is 2.41. The Morgan fingerprint density at radius 2 is 2.00 bits per heavy atom. The monoisotopic (exact) mass is 348 g/mol. The van der Waals surface area contributed by atoms with Crippen molar-refractivity contribution in [2.45, 2.75) is 19.3 Å². The zero-order valence-electron chi connectivity index (χ0n) is 13.4. The van der Waals surface area contributed by atoms with Crippen molar-refractivity contribution in [1.29, 1.82) is 0 Å². The number of benzene rings is 1. The van der Waals surface area contributed by atoms with Crippen LogP contribution in [0.2, 0.25) is 0 Å². The highest BCUT2D eigenvalue weighted by atomic mass is 32.2. The lowest BCUT2D eigenvalue weighted by Crippen LogP contribution is -2.42. The minimum Gasteiger partial charge on any atom is -0.404 e.